The molecule has 27 heteroatoms. The van der Waals surface area contributed by atoms with Gasteiger partial charge in [0.25, 0.3) is 0 Å². The molecule has 15 rings (SSSR count). The molecule has 0 unspecified atom stereocenters. The summed E-state index contributed by atoms with van der Waals surface area (Å²) in [6, 6.07) is 20.5. The normalized spacial score (nSPS) is 24.3. The van der Waals surface area contributed by atoms with Gasteiger partial charge in [0.2, 0.25) is 23.6 Å². The highest BCUT2D eigenvalue weighted by molar-refractivity contribution is 7.09. The molecule has 9 aromatic rings. The van der Waals surface area contributed by atoms with Crippen LogP contribution in [0.5, 0.6) is 0 Å². The van der Waals surface area contributed by atoms with E-state index in [1.807, 2.05) is 66.8 Å². The number of anilines is 3. The molecule has 0 atom stereocenters. The Hall–Kier alpha value is -8.31. The third kappa shape index (κ3) is 15.1. The van der Waals surface area contributed by atoms with Crippen LogP contribution in [-0.2, 0) is 59.4 Å². The third-order valence-electron chi connectivity index (χ3n) is 20.9. The van der Waals surface area contributed by atoms with Crippen molar-refractivity contribution < 1.29 is 34.1 Å². The number of carbonyl (C=O) groups excluding carboxylic acids is 3. The number of aromatic nitrogens is 10. The van der Waals surface area contributed by atoms with Crippen LogP contribution in [0.3, 0.4) is 0 Å². The Morgan fingerprint density at radius 3 is 1.25 bits per heavy atom. The van der Waals surface area contributed by atoms with Crippen molar-refractivity contribution >= 4 is 79.2 Å². The van der Waals surface area contributed by atoms with E-state index in [9.17, 15) is 29.7 Å². The maximum Gasteiger partial charge on any atom is 0.239 e. The van der Waals surface area contributed by atoms with Gasteiger partial charge in [-0.15, -0.1) is 11.3 Å². The lowest BCUT2D eigenvalue weighted by Crippen LogP contribution is -2.63. The van der Waals surface area contributed by atoms with Crippen molar-refractivity contribution in [1.29, 1.82) is 0 Å². The molecule has 0 bridgehead atoms. The first kappa shape index (κ1) is 67.3. The van der Waals surface area contributed by atoms with Crippen LogP contribution < -0.4 is 31.9 Å². The molecular formula is C70H93N19O7S. The first-order chi connectivity index (χ1) is 46.6. The second kappa shape index (κ2) is 28.3. The van der Waals surface area contributed by atoms with Gasteiger partial charge < -0.3 is 51.6 Å². The first-order valence-electron chi connectivity index (χ1n) is 34.2. The quantitative estimate of drug-likeness (QED) is 0.0479. The fourth-order valence-corrected chi connectivity index (χ4v) is 16.0. The molecule has 26 nitrogen and oxygen atoms in total. The fourth-order valence-electron chi connectivity index (χ4n) is 15.2. The minimum atomic E-state index is -0.946. The Morgan fingerprint density at radius 2 is 0.907 bits per heavy atom. The van der Waals surface area contributed by atoms with Crippen molar-refractivity contribution in [3.05, 3.63) is 124 Å². The van der Waals surface area contributed by atoms with Crippen molar-refractivity contribution in [1.82, 2.24) is 79.7 Å². The molecule has 3 aliphatic heterocycles. The molecule has 0 radical (unpaired) electrons. The van der Waals surface area contributed by atoms with Gasteiger partial charge in [0, 0.05) is 125 Å². The fraction of sp³-hybridized carbons (Fsp3) is 0.529. The van der Waals surface area contributed by atoms with Crippen LogP contribution >= 0.6 is 11.3 Å². The molecule has 9 heterocycles. The van der Waals surface area contributed by atoms with E-state index in [2.05, 4.69) is 139 Å². The molecule has 0 spiro atoms. The zero-order valence-electron chi connectivity index (χ0n) is 56.7. The number of benzene rings is 3. The summed E-state index contributed by atoms with van der Waals surface area (Å²) in [5.41, 5.74) is 5.07. The Morgan fingerprint density at radius 1 is 0.526 bits per heavy atom. The number of fused-ring (bicyclic) bond motifs is 3. The Balaban J connectivity index is 0.000000131. The second-order valence-corrected chi connectivity index (χ2v) is 29.0. The number of amides is 3. The maximum atomic E-state index is 12.5. The summed E-state index contributed by atoms with van der Waals surface area (Å²) in [4.78, 5) is 53.1. The van der Waals surface area contributed by atoms with Gasteiger partial charge in [0.15, 0.2) is 17.5 Å². The van der Waals surface area contributed by atoms with Crippen molar-refractivity contribution in [3.8, 4) is 0 Å². The van der Waals surface area contributed by atoms with E-state index >= 15 is 0 Å². The SMILES string of the molecule is Cc1ccc2c(c1)c(NCC(=O)NC1CN(C3CCC(O)(c4cnn(C)c4)CC3)C1)nn2C.Cc1ccc2c(c1)c(NCC(=O)NC1CN(C3CCC(O)(c4ncco4)CC3)C1)nn2C.Cc1ccc2c(c1)c(NCC(=O)NC1CN(C3CCC(O)(c4nccs4)CC3)C1)nn2C. The summed E-state index contributed by atoms with van der Waals surface area (Å²) >= 11 is 1.54. The Bertz CT molecular complexity index is 4020. The molecule has 6 aliphatic rings. The molecule has 6 aromatic heterocycles. The lowest BCUT2D eigenvalue weighted by Gasteiger charge is -2.48. The van der Waals surface area contributed by atoms with Crippen molar-refractivity contribution in [3.63, 3.8) is 0 Å². The number of likely N-dealkylation sites (tertiary alicyclic amines) is 3. The van der Waals surface area contributed by atoms with Crippen LogP contribution in [0.15, 0.2) is 95.4 Å². The predicted molar refractivity (Wildman–Crippen MR) is 373 cm³/mol. The average Bonchev–Trinajstić information content (AvgIpc) is 1.42. The number of oxazole rings is 1. The summed E-state index contributed by atoms with van der Waals surface area (Å²) in [6.07, 6.45) is 18.5. The maximum absolute atomic E-state index is 12.5. The summed E-state index contributed by atoms with van der Waals surface area (Å²) in [5, 5.41) is 75.2. The number of hydrogen-bond acceptors (Lipinski definition) is 20. The number of nitrogens with one attached hydrogen (secondary N) is 6. The van der Waals surface area contributed by atoms with Crippen LogP contribution in [0.2, 0.25) is 0 Å². The minimum Gasteiger partial charge on any atom is -0.446 e. The summed E-state index contributed by atoms with van der Waals surface area (Å²) in [6.45, 7) is 11.9. The number of hydrogen-bond donors (Lipinski definition) is 9. The molecule has 6 fully saturated rings. The highest BCUT2D eigenvalue weighted by Crippen LogP contribution is 2.43. The van der Waals surface area contributed by atoms with E-state index in [1.165, 1.54) is 28.7 Å². The number of aryl methyl sites for hydroxylation is 7. The highest BCUT2D eigenvalue weighted by Gasteiger charge is 2.45. The van der Waals surface area contributed by atoms with Crippen LogP contribution in [-0.4, -0.2) is 192 Å². The molecular weight excluding hydrogens is 1250 g/mol. The summed E-state index contributed by atoms with van der Waals surface area (Å²) < 4.78 is 12.6. The van der Waals surface area contributed by atoms with Gasteiger partial charge in [-0.05, 0) is 134 Å². The zero-order chi connectivity index (χ0) is 67.8. The van der Waals surface area contributed by atoms with Crippen LogP contribution in [0.4, 0.5) is 17.5 Å². The molecule has 9 N–H and O–H groups in total. The van der Waals surface area contributed by atoms with E-state index in [0.29, 0.717) is 36.9 Å². The van der Waals surface area contributed by atoms with Crippen molar-refractivity contribution in [2.45, 2.75) is 151 Å². The highest BCUT2D eigenvalue weighted by atomic mass is 32.1. The summed E-state index contributed by atoms with van der Waals surface area (Å²) in [7, 11) is 7.61. The number of nitrogens with zero attached hydrogens (tertiary/aromatic N) is 13. The van der Waals surface area contributed by atoms with Crippen molar-refractivity contribution in [2.24, 2.45) is 28.2 Å². The van der Waals surface area contributed by atoms with E-state index < -0.39 is 16.8 Å². The Kier molecular flexibility index (Phi) is 19.6. The predicted octanol–water partition coefficient (Wildman–Crippen LogP) is 5.95. The molecule has 3 aromatic carbocycles. The molecule has 97 heavy (non-hydrogen) atoms. The van der Waals surface area contributed by atoms with Gasteiger partial charge in [0.05, 0.1) is 72.3 Å². The second-order valence-electron chi connectivity index (χ2n) is 28.1. The third-order valence-corrected chi connectivity index (χ3v) is 21.9. The largest absolute Gasteiger partial charge is 0.446 e. The van der Waals surface area contributed by atoms with Gasteiger partial charge in [-0.1, -0.05) is 34.9 Å². The smallest absolute Gasteiger partial charge is 0.239 e. The van der Waals surface area contributed by atoms with Crippen molar-refractivity contribution in [2.75, 3.05) is 74.9 Å². The zero-order valence-corrected chi connectivity index (χ0v) is 57.5. The lowest BCUT2D eigenvalue weighted by molar-refractivity contribution is -0.122. The number of aliphatic hydroxyl groups is 3. The van der Waals surface area contributed by atoms with Gasteiger partial charge >= 0.3 is 0 Å². The van der Waals surface area contributed by atoms with Gasteiger partial charge in [-0.25, -0.2) is 9.97 Å². The lowest BCUT2D eigenvalue weighted by atomic mass is 9.77. The van der Waals surface area contributed by atoms with E-state index in [4.69, 9.17) is 4.42 Å². The molecule has 3 saturated heterocycles. The van der Waals surface area contributed by atoms with Crippen LogP contribution in [0.25, 0.3) is 32.7 Å². The van der Waals surface area contributed by atoms with Gasteiger partial charge in [-0.2, -0.15) is 20.4 Å². The van der Waals surface area contributed by atoms with Crippen LogP contribution in [0.1, 0.15) is 110 Å². The molecule has 3 saturated carbocycles. The molecule has 3 aliphatic carbocycles. The van der Waals surface area contributed by atoms with E-state index in [-0.39, 0.29) is 55.5 Å². The Labute approximate surface area is 568 Å². The molecule has 3 amide bonds. The first-order valence-corrected chi connectivity index (χ1v) is 35.1. The summed E-state index contributed by atoms with van der Waals surface area (Å²) in [5.74, 6) is 2.59. The minimum absolute atomic E-state index is 0.0112. The van der Waals surface area contributed by atoms with Crippen LogP contribution in [0, 0.1) is 20.8 Å². The average molecular weight is 1340 g/mol. The number of carbonyl (C=O) groups is 3. The topological polar surface area (TPSA) is 304 Å². The van der Waals surface area contributed by atoms with E-state index in [0.717, 1.165) is 170 Å². The molecule has 516 valence electrons. The van der Waals surface area contributed by atoms with Gasteiger partial charge in [-0.3, -0.25) is 47.8 Å². The monoisotopic (exact) mass is 1340 g/mol. The van der Waals surface area contributed by atoms with E-state index in [1.54, 1.807) is 23.3 Å². The number of rotatable bonds is 18. The number of thiazole rings is 1. The standard InChI is InChI=1S/C24H33N7O2.C23H30N6O3.C23H30N6O2S/c1-16-4-5-21-20(10-16)23(28-30(21)3)25-12-22(32)27-18-14-31(15-18)19-6-8-24(33,9-7-19)17-11-26-29(2)13-17;2*1-15-3-4-19-18(11-15)21(27-28(19)2)25-12-20(30)26-16-13-29(14-16)17-5-7-23(31,8-6-17)22-24-9-10-32-22/h4-5,10-11,13,18-19,33H,6-9,12,14-15H2,1-3H3,(H,25,28)(H,27,32);2*3-4,9-11,16-17,31H,5-8,12-14H2,1-2H3,(H,25,27)(H,26,30). The van der Waals surface area contributed by atoms with Gasteiger partial charge in [0.1, 0.15) is 22.5 Å².